The zero-order valence-corrected chi connectivity index (χ0v) is 10.5. The molecule has 0 saturated carbocycles. The Morgan fingerprint density at radius 3 is 2.88 bits per heavy atom. The zero-order chi connectivity index (χ0) is 11.8. The van der Waals surface area contributed by atoms with Gasteiger partial charge in [-0.15, -0.1) is 0 Å². The van der Waals surface area contributed by atoms with Crippen molar-refractivity contribution in [1.82, 2.24) is 9.97 Å². The normalized spacial score (nSPS) is 20.6. The van der Waals surface area contributed by atoms with Crippen LogP contribution < -0.4 is 5.73 Å². The SMILES string of the molecule is CC(C)(C)Cc1ncc2c(n1)CCCC2N. The summed E-state index contributed by atoms with van der Waals surface area (Å²) in [6, 6.07) is 0.146. The van der Waals surface area contributed by atoms with E-state index in [1.807, 2.05) is 6.20 Å². The summed E-state index contributed by atoms with van der Waals surface area (Å²) < 4.78 is 0. The number of rotatable bonds is 1. The molecule has 0 fully saturated rings. The zero-order valence-electron chi connectivity index (χ0n) is 10.5. The van der Waals surface area contributed by atoms with E-state index in [1.54, 1.807) is 0 Å². The van der Waals surface area contributed by atoms with Crippen molar-refractivity contribution in [3.63, 3.8) is 0 Å². The third-order valence-electron chi connectivity index (χ3n) is 2.97. The Labute approximate surface area is 97.5 Å². The molecule has 88 valence electrons. The van der Waals surface area contributed by atoms with Gasteiger partial charge in [0.2, 0.25) is 0 Å². The molecule has 0 aromatic carbocycles. The van der Waals surface area contributed by atoms with Gasteiger partial charge >= 0.3 is 0 Å². The Morgan fingerprint density at radius 2 is 2.19 bits per heavy atom. The number of hydrogen-bond acceptors (Lipinski definition) is 3. The summed E-state index contributed by atoms with van der Waals surface area (Å²) >= 11 is 0. The smallest absolute Gasteiger partial charge is 0.129 e. The first-order valence-electron chi connectivity index (χ1n) is 6.06. The van der Waals surface area contributed by atoms with E-state index in [-0.39, 0.29) is 11.5 Å². The standard InChI is InChI=1S/C13H21N3/c1-13(2,3)7-12-15-8-9-10(14)5-4-6-11(9)16-12/h8,10H,4-7,14H2,1-3H3. The molecule has 2 N–H and O–H groups in total. The summed E-state index contributed by atoms with van der Waals surface area (Å²) in [5, 5.41) is 0. The first-order valence-corrected chi connectivity index (χ1v) is 6.06. The average molecular weight is 219 g/mol. The molecule has 1 aromatic heterocycles. The largest absolute Gasteiger partial charge is 0.324 e. The van der Waals surface area contributed by atoms with E-state index in [0.717, 1.165) is 37.1 Å². The van der Waals surface area contributed by atoms with Crippen LogP contribution in [0.15, 0.2) is 6.20 Å². The number of hydrogen-bond donors (Lipinski definition) is 1. The fourth-order valence-electron chi connectivity index (χ4n) is 2.18. The van der Waals surface area contributed by atoms with Gasteiger partial charge < -0.3 is 5.73 Å². The second-order valence-corrected chi connectivity index (χ2v) is 5.92. The monoisotopic (exact) mass is 219 g/mol. The lowest BCUT2D eigenvalue weighted by Gasteiger charge is -2.22. The quantitative estimate of drug-likeness (QED) is 0.789. The van der Waals surface area contributed by atoms with Gasteiger partial charge in [-0.1, -0.05) is 20.8 Å². The van der Waals surface area contributed by atoms with Crippen molar-refractivity contribution >= 4 is 0 Å². The molecule has 1 unspecified atom stereocenters. The number of aromatic nitrogens is 2. The highest BCUT2D eigenvalue weighted by Gasteiger charge is 2.20. The first kappa shape index (κ1) is 11.5. The fourth-order valence-corrected chi connectivity index (χ4v) is 2.18. The molecular weight excluding hydrogens is 198 g/mol. The summed E-state index contributed by atoms with van der Waals surface area (Å²) in [4.78, 5) is 9.09. The van der Waals surface area contributed by atoms with Crippen molar-refractivity contribution < 1.29 is 0 Å². The highest BCUT2D eigenvalue weighted by molar-refractivity contribution is 5.24. The van der Waals surface area contributed by atoms with Gasteiger partial charge in [-0.2, -0.15) is 0 Å². The van der Waals surface area contributed by atoms with Crippen LogP contribution >= 0.6 is 0 Å². The first-order chi connectivity index (χ1) is 7.46. The summed E-state index contributed by atoms with van der Waals surface area (Å²) in [5.41, 5.74) is 8.62. The van der Waals surface area contributed by atoms with Crippen LogP contribution in [0.4, 0.5) is 0 Å². The minimum absolute atomic E-state index is 0.146. The van der Waals surface area contributed by atoms with Gasteiger partial charge in [0.05, 0.1) is 0 Å². The minimum atomic E-state index is 0.146. The van der Waals surface area contributed by atoms with E-state index < -0.39 is 0 Å². The molecule has 0 amide bonds. The lowest BCUT2D eigenvalue weighted by molar-refractivity contribution is 0.398. The molecule has 1 aromatic rings. The van der Waals surface area contributed by atoms with Crippen molar-refractivity contribution in [2.24, 2.45) is 11.1 Å². The molecule has 0 spiro atoms. The van der Waals surface area contributed by atoms with Crippen LogP contribution in [-0.4, -0.2) is 9.97 Å². The molecule has 1 heterocycles. The minimum Gasteiger partial charge on any atom is -0.324 e. The van der Waals surface area contributed by atoms with Gasteiger partial charge in [0.15, 0.2) is 0 Å². The third-order valence-corrected chi connectivity index (χ3v) is 2.97. The van der Waals surface area contributed by atoms with Gasteiger partial charge in [-0.05, 0) is 24.7 Å². The molecule has 16 heavy (non-hydrogen) atoms. The van der Waals surface area contributed by atoms with E-state index in [0.29, 0.717) is 0 Å². The second-order valence-electron chi connectivity index (χ2n) is 5.92. The molecule has 3 heteroatoms. The molecule has 0 radical (unpaired) electrons. The summed E-state index contributed by atoms with van der Waals surface area (Å²) in [6.45, 7) is 6.63. The second kappa shape index (κ2) is 4.13. The summed E-state index contributed by atoms with van der Waals surface area (Å²) in [5.74, 6) is 0.959. The lowest BCUT2D eigenvalue weighted by atomic mass is 9.90. The Hall–Kier alpha value is -0.960. The van der Waals surface area contributed by atoms with E-state index >= 15 is 0 Å². The number of aryl methyl sites for hydroxylation is 1. The van der Waals surface area contributed by atoms with Crippen LogP contribution in [0.5, 0.6) is 0 Å². The maximum absolute atomic E-state index is 6.04. The molecule has 0 saturated heterocycles. The summed E-state index contributed by atoms with van der Waals surface area (Å²) in [7, 11) is 0. The maximum Gasteiger partial charge on any atom is 0.129 e. The highest BCUT2D eigenvalue weighted by Crippen LogP contribution is 2.27. The van der Waals surface area contributed by atoms with E-state index in [1.165, 1.54) is 5.69 Å². The van der Waals surface area contributed by atoms with Gasteiger partial charge in [0, 0.05) is 29.9 Å². The van der Waals surface area contributed by atoms with Crippen molar-refractivity contribution in [2.75, 3.05) is 0 Å². The molecule has 0 aliphatic heterocycles. The highest BCUT2D eigenvalue weighted by atomic mass is 14.9. The van der Waals surface area contributed by atoms with Crippen molar-refractivity contribution in [1.29, 1.82) is 0 Å². The molecule has 2 rings (SSSR count). The molecule has 1 aliphatic rings. The molecule has 0 bridgehead atoms. The maximum atomic E-state index is 6.04. The van der Waals surface area contributed by atoms with Gasteiger partial charge in [0.25, 0.3) is 0 Å². The molecule has 1 aliphatic carbocycles. The number of fused-ring (bicyclic) bond motifs is 1. The summed E-state index contributed by atoms with van der Waals surface area (Å²) in [6.07, 6.45) is 6.14. The number of nitrogens with zero attached hydrogens (tertiary/aromatic N) is 2. The topological polar surface area (TPSA) is 51.8 Å². The van der Waals surface area contributed by atoms with Gasteiger partial charge in [0.1, 0.15) is 5.82 Å². The number of nitrogens with two attached hydrogens (primary N) is 1. The predicted octanol–water partition coefficient (Wildman–Crippen LogP) is 2.40. The Kier molecular flexibility index (Phi) is 2.98. The predicted molar refractivity (Wildman–Crippen MR) is 65.1 cm³/mol. The van der Waals surface area contributed by atoms with E-state index in [9.17, 15) is 0 Å². The van der Waals surface area contributed by atoms with Crippen LogP contribution in [-0.2, 0) is 12.8 Å². The van der Waals surface area contributed by atoms with Gasteiger partial charge in [-0.3, -0.25) is 0 Å². The average Bonchev–Trinajstić information content (AvgIpc) is 2.15. The Morgan fingerprint density at radius 1 is 1.44 bits per heavy atom. The Bertz CT molecular complexity index is 379. The Balaban J connectivity index is 2.25. The van der Waals surface area contributed by atoms with Crippen molar-refractivity contribution in [3.8, 4) is 0 Å². The fraction of sp³-hybridized carbons (Fsp3) is 0.692. The lowest BCUT2D eigenvalue weighted by Crippen LogP contribution is -2.21. The van der Waals surface area contributed by atoms with Crippen LogP contribution in [0.25, 0.3) is 0 Å². The van der Waals surface area contributed by atoms with Crippen LogP contribution in [0.3, 0.4) is 0 Å². The van der Waals surface area contributed by atoms with Crippen LogP contribution in [0.1, 0.15) is 56.7 Å². The molecule has 3 nitrogen and oxygen atoms in total. The van der Waals surface area contributed by atoms with Crippen molar-refractivity contribution in [3.05, 3.63) is 23.3 Å². The third kappa shape index (κ3) is 2.59. The van der Waals surface area contributed by atoms with Crippen LogP contribution in [0, 0.1) is 5.41 Å². The van der Waals surface area contributed by atoms with E-state index in [4.69, 9.17) is 5.73 Å². The van der Waals surface area contributed by atoms with Crippen molar-refractivity contribution in [2.45, 2.75) is 52.5 Å². The van der Waals surface area contributed by atoms with Crippen LogP contribution in [0.2, 0.25) is 0 Å². The molecular formula is C13H21N3. The van der Waals surface area contributed by atoms with Gasteiger partial charge in [-0.25, -0.2) is 9.97 Å². The molecule has 1 atom stereocenters. The van der Waals surface area contributed by atoms with E-state index in [2.05, 4.69) is 30.7 Å².